The van der Waals surface area contributed by atoms with Gasteiger partial charge in [0.05, 0.1) is 22.6 Å². The van der Waals surface area contributed by atoms with Crippen LogP contribution in [0.5, 0.6) is 0 Å². The molecule has 2 aromatic carbocycles. The van der Waals surface area contributed by atoms with Gasteiger partial charge in [0.25, 0.3) is 5.91 Å². The number of aromatic nitrogens is 5. The van der Waals surface area contributed by atoms with Crippen molar-refractivity contribution in [3.8, 4) is 16.9 Å². The summed E-state index contributed by atoms with van der Waals surface area (Å²) in [6.07, 6.45) is 8.76. The number of nitrogens with zero attached hydrogens (tertiary/aromatic N) is 7. The number of unbranched alkanes of at least 4 members (excludes halogenated alkanes) is 1. The Bertz CT molecular complexity index is 2150. The number of aryl methyl sites for hydroxylation is 1. The molecule has 4 heterocycles. The summed E-state index contributed by atoms with van der Waals surface area (Å²) in [5.41, 5.74) is 13.3. The van der Waals surface area contributed by atoms with Crippen molar-refractivity contribution in [1.29, 1.82) is 0 Å². The highest BCUT2D eigenvalue weighted by molar-refractivity contribution is 6.32. The van der Waals surface area contributed by atoms with Crippen molar-refractivity contribution in [3.05, 3.63) is 112 Å². The quantitative estimate of drug-likeness (QED) is 0.136. The molecule has 1 aliphatic carbocycles. The maximum atomic E-state index is 13.8. The molecule has 0 atom stereocenters. The number of anilines is 2. The number of pyridine rings is 1. The van der Waals surface area contributed by atoms with Crippen LogP contribution >= 0.6 is 11.6 Å². The highest BCUT2D eigenvalue weighted by Gasteiger charge is 2.29. The van der Waals surface area contributed by atoms with Gasteiger partial charge in [-0.05, 0) is 67.3 Å². The third kappa shape index (κ3) is 7.96. The van der Waals surface area contributed by atoms with Gasteiger partial charge in [0.15, 0.2) is 5.69 Å². The maximum Gasteiger partial charge on any atom is 0.269 e. The second-order valence-electron chi connectivity index (χ2n) is 13.4. The summed E-state index contributed by atoms with van der Waals surface area (Å²) in [7, 11) is 0. The van der Waals surface area contributed by atoms with Crippen molar-refractivity contribution in [2.24, 2.45) is 5.73 Å². The van der Waals surface area contributed by atoms with Crippen LogP contribution in [0.2, 0.25) is 5.02 Å². The fourth-order valence-electron chi connectivity index (χ4n) is 6.93. The number of piperazine rings is 1. The Kier molecular flexibility index (Phi) is 10.6. The number of nitrogens with one attached hydrogen (secondary N) is 2. The van der Waals surface area contributed by atoms with Crippen LogP contribution in [0.4, 0.5) is 15.9 Å². The van der Waals surface area contributed by atoms with Gasteiger partial charge in [-0.2, -0.15) is 10.2 Å². The lowest BCUT2D eigenvalue weighted by atomic mass is 9.88. The van der Waals surface area contributed by atoms with Gasteiger partial charge in [-0.3, -0.25) is 19.2 Å². The number of carbonyl (C=O) groups excluding carboxylic acids is 2. The number of hydrogen-bond donors (Lipinski definition) is 3. The molecule has 14 heteroatoms. The Balaban J connectivity index is 1.02. The van der Waals surface area contributed by atoms with E-state index in [0.29, 0.717) is 35.8 Å². The van der Waals surface area contributed by atoms with Gasteiger partial charge in [-0.15, -0.1) is 0 Å². The fourth-order valence-corrected chi connectivity index (χ4v) is 7.15. The number of hydrogen-bond acceptors (Lipinski definition) is 8. The standard InChI is InChI=1S/C39H42ClFN10O2/c1-3-4-13-43-36(52)24-50-23-26(20-45-50)22-48-14-16-49(17-15-48)35-19-32(34(40)21-44-35)25(2)46-29-9-5-27-6-12-31-37(39(42)53)47-51(38(31)33(27)18-29)30-10-7-28(41)8-11-30/h5,7-11,18-21,23,46H,2-4,6,12-17,22,24H2,1H3,(H2,42,53)(H,43,52). The molecule has 1 aliphatic heterocycles. The van der Waals surface area contributed by atoms with Gasteiger partial charge >= 0.3 is 0 Å². The maximum absolute atomic E-state index is 13.8. The van der Waals surface area contributed by atoms with Gasteiger partial charge in [0.2, 0.25) is 5.91 Å². The number of carbonyl (C=O) groups is 2. The van der Waals surface area contributed by atoms with Crippen molar-refractivity contribution >= 4 is 40.6 Å². The molecule has 0 radical (unpaired) electrons. The molecule has 0 spiro atoms. The molecule has 4 N–H and O–H groups in total. The summed E-state index contributed by atoms with van der Waals surface area (Å²) in [6.45, 7) is 11.3. The van der Waals surface area contributed by atoms with Crippen LogP contribution in [0, 0.1) is 5.82 Å². The molecule has 2 aliphatic rings. The Morgan fingerprint density at radius 1 is 1.04 bits per heavy atom. The molecular formula is C39H42ClFN10O2. The molecule has 5 aromatic rings. The van der Waals surface area contributed by atoms with Gasteiger partial charge in [0, 0.05) is 85.3 Å². The Morgan fingerprint density at radius 2 is 1.83 bits per heavy atom. The average molecular weight is 737 g/mol. The number of benzene rings is 2. The summed E-state index contributed by atoms with van der Waals surface area (Å²) in [4.78, 5) is 33.8. The number of amides is 2. The van der Waals surface area contributed by atoms with Gasteiger partial charge in [0.1, 0.15) is 18.2 Å². The van der Waals surface area contributed by atoms with Crippen molar-refractivity contribution in [2.75, 3.05) is 42.9 Å². The molecule has 2 amide bonds. The van der Waals surface area contributed by atoms with E-state index in [2.05, 4.69) is 55.2 Å². The van der Waals surface area contributed by atoms with Gasteiger partial charge in [-0.25, -0.2) is 14.1 Å². The summed E-state index contributed by atoms with van der Waals surface area (Å²) >= 11 is 6.68. The summed E-state index contributed by atoms with van der Waals surface area (Å²) in [6, 6.07) is 14.0. The zero-order valence-corrected chi connectivity index (χ0v) is 30.4. The number of rotatable bonds is 13. The topological polar surface area (TPSA) is 139 Å². The zero-order chi connectivity index (χ0) is 37.1. The lowest BCUT2D eigenvalue weighted by Gasteiger charge is -2.35. The normalized spacial score (nSPS) is 14.1. The number of nitrogens with two attached hydrogens (primary N) is 1. The van der Waals surface area contributed by atoms with E-state index in [9.17, 15) is 14.0 Å². The van der Waals surface area contributed by atoms with E-state index in [0.717, 1.165) is 90.6 Å². The van der Waals surface area contributed by atoms with Crippen LogP contribution < -0.4 is 21.3 Å². The number of fused-ring (bicyclic) bond motifs is 3. The largest absolute Gasteiger partial charge is 0.364 e. The molecule has 3 aromatic heterocycles. The van der Waals surface area contributed by atoms with Crippen LogP contribution in [-0.4, -0.2) is 74.0 Å². The van der Waals surface area contributed by atoms with Crippen molar-refractivity contribution in [3.63, 3.8) is 0 Å². The lowest BCUT2D eigenvalue weighted by molar-refractivity contribution is -0.121. The van der Waals surface area contributed by atoms with Crippen molar-refractivity contribution in [1.82, 2.24) is 34.8 Å². The predicted molar refractivity (Wildman–Crippen MR) is 204 cm³/mol. The minimum atomic E-state index is -0.606. The highest BCUT2D eigenvalue weighted by Crippen LogP contribution is 2.39. The second kappa shape index (κ2) is 15.6. The lowest BCUT2D eigenvalue weighted by Crippen LogP contribution is -2.46. The molecule has 53 heavy (non-hydrogen) atoms. The molecule has 12 nitrogen and oxygen atoms in total. The smallest absolute Gasteiger partial charge is 0.269 e. The van der Waals surface area contributed by atoms with E-state index in [1.54, 1.807) is 27.7 Å². The summed E-state index contributed by atoms with van der Waals surface area (Å²) < 4.78 is 17.1. The van der Waals surface area contributed by atoms with Gasteiger partial charge in [-0.1, -0.05) is 37.6 Å². The highest BCUT2D eigenvalue weighted by atomic mass is 35.5. The molecule has 7 rings (SSSR count). The first-order chi connectivity index (χ1) is 25.7. The molecule has 0 unspecified atom stereocenters. The van der Waals surface area contributed by atoms with E-state index in [4.69, 9.17) is 17.3 Å². The van der Waals surface area contributed by atoms with Gasteiger partial charge < -0.3 is 21.3 Å². The first-order valence-corrected chi connectivity index (χ1v) is 18.2. The Morgan fingerprint density at radius 3 is 2.58 bits per heavy atom. The fraction of sp³-hybridized carbons (Fsp3) is 0.308. The van der Waals surface area contributed by atoms with Crippen LogP contribution in [0.3, 0.4) is 0 Å². The molecule has 0 bridgehead atoms. The summed E-state index contributed by atoms with van der Waals surface area (Å²) in [5, 5.41) is 15.8. The van der Waals surface area contributed by atoms with E-state index in [1.165, 1.54) is 12.1 Å². The molecule has 1 saturated heterocycles. The van der Waals surface area contributed by atoms with E-state index in [-0.39, 0.29) is 24.0 Å². The van der Waals surface area contributed by atoms with Crippen molar-refractivity contribution in [2.45, 2.75) is 45.7 Å². The van der Waals surface area contributed by atoms with Crippen LogP contribution in [0.25, 0.3) is 22.6 Å². The second-order valence-corrected chi connectivity index (χ2v) is 13.8. The zero-order valence-electron chi connectivity index (χ0n) is 29.6. The molecular weight excluding hydrogens is 695 g/mol. The molecule has 0 saturated carbocycles. The average Bonchev–Trinajstić information content (AvgIpc) is 3.77. The summed E-state index contributed by atoms with van der Waals surface area (Å²) in [5.74, 6) is -0.184. The predicted octanol–water partition coefficient (Wildman–Crippen LogP) is 5.44. The Labute approximate surface area is 312 Å². The number of halogens is 2. The SMILES string of the molecule is C=C(Nc1ccc2c(c1)-c1c(c(C(N)=O)nn1-c1ccc(F)cc1)CC2)c1cc(N2CCN(Cc3cnn(CC(=O)NCCCC)c3)CC2)ncc1Cl. The molecule has 1 fully saturated rings. The first kappa shape index (κ1) is 35.9. The van der Waals surface area contributed by atoms with Crippen LogP contribution in [0.1, 0.15) is 52.5 Å². The van der Waals surface area contributed by atoms with Crippen molar-refractivity contribution < 1.29 is 14.0 Å². The minimum Gasteiger partial charge on any atom is -0.364 e. The van der Waals surface area contributed by atoms with Crippen LogP contribution in [0.15, 0.2) is 73.7 Å². The third-order valence-corrected chi connectivity index (χ3v) is 10.0. The minimum absolute atomic E-state index is 0.0254. The third-order valence-electron chi connectivity index (χ3n) is 9.71. The first-order valence-electron chi connectivity index (χ1n) is 17.8. The van der Waals surface area contributed by atoms with E-state index in [1.807, 2.05) is 30.6 Å². The van der Waals surface area contributed by atoms with Crippen LogP contribution in [-0.2, 0) is 30.7 Å². The van der Waals surface area contributed by atoms with E-state index >= 15 is 0 Å². The monoisotopic (exact) mass is 736 g/mol. The Hall–Kier alpha value is -5.53. The number of primary amides is 1. The molecule has 274 valence electrons. The van der Waals surface area contributed by atoms with E-state index < -0.39 is 5.91 Å².